The van der Waals surface area contributed by atoms with E-state index in [1.165, 1.54) is 0 Å². The van der Waals surface area contributed by atoms with Gasteiger partial charge in [-0.3, -0.25) is 9.36 Å². The van der Waals surface area contributed by atoms with Gasteiger partial charge in [-0.25, -0.2) is 9.97 Å². The first kappa shape index (κ1) is 15.7. The number of nitrogens with one attached hydrogen (secondary N) is 1. The lowest BCUT2D eigenvalue weighted by atomic mass is 10.1. The third-order valence-corrected chi connectivity index (χ3v) is 3.59. The van der Waals surface area contributed by atoms with Crippen LogP contribution in [0.4, 0.5) is 0 Å². The number of pyridine rings is 1. The van der Waals surface area contributed by atoms with Crippen LogP contribution in [0.15, 0.2) is 61.3 Å². The molecule has 0 spiro atoms. The van der Waals surface area contributed by atoms with Crippen molar-refractivity contribution in [1.82, 2.24) is 19.9 Å². The molecule has 0 atom stereocenters. The third-order valence-electron chi connectivity index (χ3n) is 3.59. The number of carbonyl (C=O) groups is 1. The Bertz CT molecular complexity index is 781. The second-order valence-corrected chi connectivity index (χ2v) is 5.30. The molecule has 0 unspecified atom stereocenters. The zero-order valence-corrected chi connectivity index (χ0v) is 13.3. The van der Waals surface area contributed by atoms with Gasteiger partial charge in [-0.1, -0.05) is 18.2 Å². The van der Waals surface area contributed by atoms with E-state index in [1.54, 1.807) is 25.8 Å². The van der Waals surface area contributed by atoms with Gasteiger partial charge in [0.25, 0.3) is 0 Å². The van der Waals surface area contributed by atoms with Crippen LogP contribution in [-0.4, -0.2) is 27.6 Å². The Labute approximate surface area is 140 Å². The second kappa shape index (κ2) is 7.41. The van der Waals surface area contributed by atoms with Gasteiger partial charge in [-0.15, -0.1) is 0 Å². The fourth-order valence-corrected chi connectivity index (χ4v) is 2.26. The number of rotatable bonds is 6. The number of benzene rings is 1. The molecule has 2 aromatic heterocycles. The van der Waals surface area contributed by atoms with Crippen molar-refractivity contribution in [2.24, 2.45) is 0 Å². The number of aromatic nitrogens is 3. The van der Waals surface area contributed by atoms with Crippen LogP contribution in [0.1, 0.15) is 11.1 Å². The number of nitrogens with zero attached hydrogens (tertiary/aromatic N) is 3. The number of carbonyl (C=O) groups excluding carboxylic acids is 1. The van der Waals surface area contributed by atoms with Gasteiger partial charge in [-0.2, -0.15) is 0 Å². The molecule has 0 saturated carbocycles. The van der Waals surface area contributed by atoms with Gasteiger partial charge in [0, 0.05) is 25.1 Å². The van der Waals surface area contributed by atoms with Crippen LogP contribution in [0.5, 0.6) is 5.75 Å². The summed E-state index contributed by atoms with van der Waals surface area (Å²) in [6.45, 7) is 0.451. The van der Waals surface area contributed by atoms with E-state index in [2.05, 4.69) is 15.3 Å². The highest BCUT2D eigenvalue weighted by atomic mass is 16.5. The van der Waals surface area contributed by atoms with Gasteiger partial charge in [0.1, 0.15) is 17.9 Å². The summed E-state index contributed by atoms with van der Waals surface area (Å²) in [4.78, 5) is 20.4. The molecule has 1 aromatic carbocycles. The minimum Gasteiger partial charge on any atom is -0.497 e. The lowest BCUT2D eigenvalue weighted by Gasteiger charge is -2.07. The van der Waals surface area contributed by atoms with E-state index >= 15 is 0 Å². The molecule has 0 aliphatic carbocycles. The summed E-state index contributed by atoms with van der Waals surface area (Å²) in [7, 11) is 1.62. The highest BCUT2D eigenvalue weighted by molar-refractivity contribution is 5.78. The fraction of sp³-hybridized carbons (Fsp3) is 0.167. The molecule has 122 valence electrons. The van der Waals surface area contributed by atoms with E-state index in [-0.39, 0.29) is 5.91 Å². The Hall–Kier alpha value is -3.15. The molecule has 6 nitrogen and oxygen atoms in total. The highest BCUT2D eigenvalue weighted by Gasteiger charge is 2.04. The van der Waals surface area contributed by atoms with Crippen LogP contribution >= 0.6 is 0 Å². The third kappa shape index (κ3) is 3.98. The molecule has 6 heteroatoms. The van der Waals surface area contributed by atoms with E-state index in [0.717, 1.165) is 22.7 Å². The topological polar surface area (TPSA) is 69.0 Å². The minimum absolute atomic E-state index is 0.0288. The summed E-state index contributed by atoms with van der Waals surface area (Å²) in [5, 5.41) is 2.90. The van der Waals surface area contributed by atoms with E-state index in [0.29, 0.717) is 13.0 Å². The van der Waals surface area contributed by atoms with E-state index in [4.69, 9.17) is 4.74 Å². The molecule has 2 heterocycles. The summed E-state index contributed by atoms with van der Waals surface area (Å²) >= 11 is 0. The molecular formula is C18H18N4O2. The van der Waals surface area contributed by atoms with Crippen LogP contribution < -0.4 is 10.1 Å². The maximum Gasteiger partial charge on any atom is 0.224 e. The molecule has 0 saturated heterocycles. The first-order valence-corrected chi connectivity index (χ1v) is 7.57. The van der Waals surface area contributed by atoms with Crippen LogP contribution in [0.25, 0.3) is 5.82 Å². The van der Waals surface area contributed by atoms with Crippen LogP contribution in [0.3, 0.4) is 0 Å². The zero-order chi connectivity index (χ0) is 16.8. The zero-order valence-electron chi connectivity index (χ0n) is 13.3. The van der Waals surface area contributed by atoms with E-state index in [1.807, 2.05) is 47.2 Å². The molecule has 0 aliphatic heterocycles. The average molecular weight is 322 g/mol. The van der Waals surface area contributed by atoms with Gasteiger partial charge >= 0.3 is 0 Å². The lowest BCUT2D eigenvalue weighted by Crippen LogP contribution is -2.24. The Morgan fingerprint density at radius 1 is 1.17 bits per heavy atom. The van der Waals surface area contributed by atoms with Crippen molar-refractivity contribution in [3.05, 3.63) is 72.4 Å². The Kier molecular flexibility index (Phi) is 4.86. The number of hydrogen-bond acceptors (Lipinski definition) is 4. The lowest BCUT2D eigenvalue weighted by molar-refractivity contribution is -0.120. The van der Waals surface area contributed by atoms with Gasteiger partial charge in [0.2, 0.25) is 5.91 Å². The molecule has 3 aromatic rings. The highest BCUT2D eigenvalue weighted by Crippen LogP contribution is 2.11. The Balaban J connectivity index is 1.52. The van der Waals surface area contributed by atoms with Gasteiger partial charge in [0.05, 0.1) is 13.5 Å². The normalized spacial score (nSPS) is 10.4. The van der Waals surface area contributed by atoms with Crippen molar-refractivity contribution in [2.45, 2.75) is 13.0 Å². The average Bonchev–Trinajstić information content (AvgIpc) is 3.16. The number of methoxy groups -OCH3 is 1. The summed E-state index contributed by atoms with van der Waals surface area (Å²) in [6, 6.07) is 11.3. The van der Waals surface area contributed by atoms with Crippen molar-refractivity contribution in [2.75, 3.05) is 7.11 Å². The SMILES string of the molecule is COc1ccc(CC(=O)NCc2ccc(-n3ccnc3)nc2)cc1. The van der Waals surface area contributed by atoms with E-state index in [9.17, 15) is 4.79 Å². The smallest absolute Gasteiger partial charge is 0.224 e. The number of ether oxygens (including phenoxy) is 1. The predicted octanol–water partition coefficient (Wildman–Crippen LogP) is 2.13. The molecule has 3 rings (SSSR count). The van der Waals surface area contributed by atoms with Gasteiger partial charge < -0.3 is 10.1 Å². The maximum absolute atomic E-state index is 12.0. The second-order valence-electron chi connectivity index (χ2n) is 5.30. The van der Waals surface area contributed by atoms with Crippen LogP contribution in [0, 0.1) is 0 Å². The predicted molar refractivity (Wildman–Crippen MR) is 89.9 cm³/mol. The van der Waals surface area contributed by atoms with Crippen molar-refractivity contribution in [3.8, 4) is 11.6 Å². The fourth-order valence-electron chi connectivity index (χ4n) is 2.26. The molecular weight excluding hydrogens is 304 g/mol. The number of hydrogen-bond donors (Lipinski definition) is 1. The summed E-state index contributed by atoms with van der Waals surface area (Å²) in [6.07, 6.45) is 7.32. The molecule has 1 amide bonds. The maximum atomic E-state index is 12.0. The molecule has 24 heavy (non-hydrogen) atoms. The van der Waals surface area contributed by atoms with Crippen LogP contribution in [-0.2, 0) is 17.8 Å². The van der Waals surface area contributed by atoms with E-state index < -0.39 is 0 Å². The van der Waals surface area contributed by atoms with Crippen molar-refractivity contribution in [1.29, 1.82) is 0 Å². The quantitative estimate of drug-likeness (QED) is 0.755. The standard InChI is InChI=1S/C18H18N4O2/c1-24-16-5-2-14(3-6-16)10-18(23)21-12-15-4-7-17(20-11-15)22-9-8-19-13-22/h2-9,11,13H,10,12H2,1H3,(H,21,23). The molecule has 0 bridgehead atoms. The summed E-state index contributed by atoms with van der Waals surface area (Å²) in [5.41, 5.74) is 1.89. The van der Waals surface area contributed by atoms with Crippen molar-refractivity contribution >= 4 is 5.91 Å². The van der Waals surface area contributed by atoms with Gasteiger partial charge in [-0.05, 0) is 29.3 Å². The van der Waals surface area contributed by atoms with Crippen LogP contribution in [0.2, 0.25) is 0 Å². The number of amides is 1. The van der Waals surface area contributed by atoms with Crippen molar-refractivity contribution < 1.29 is 9.53 Å². The number of imidazole rings is 1. The molecule has 0 fully saturated rings. The summed E-state index contributed by atoms with van der Waals surface area (Å²) in [5.74, 6) is 1.54. The van der Waals surface area contributed by atoms with Gasteiger partial charge in [0.15, 0.2) is 0 Å². The monoisotopic (exact) mass is 322 g/mol. The molecule has 1 N–H and O–H groups in total. The Morgan fingerprint density at radius 2 is 1.96 bits per heavy atom. The Morgan fingerprint density at radius 3 is 2.58 bits per heavy atom. The minimum atomic E-state index is -0.0288. The van der Waals surface area contributed by atoms with Crippen molar-refractivity contribution in [3.63, 3.8) is 0 Å². The summed E-state index contributed by atoms with van der Waals surface area (Å²) < 4.78 is 6.93. The molecule has 0 aliphatic rings. The largest absolute Gasteiger partial charge is 0.497 e. The molecule has 0 radical (unpaired) electrons. The first-order valence-electron chi connectivity index (χ1n) is 7.57. The first-order chi connectivity index (χ1) is 11.7.